The van der Waals surface area contributed by atoms with Crippen molar-refractivity contribution < 1.29 is 19.5 Å². The fourth-order valence-corrected chi connectivity index (χ4v) is 5.25. The maximum atomic E-state index is 12.4. The van der Waals surface area contributed by atoms with E-state index in [1.54, 1.807) is 12.3 Å². The highest BCUT2D eigenvalue weighted by molar-refractivity contribution is 5.84. The first-order valence-corrected chi connectivity index (χ1v) is 18.5. The number of hydrogen-bond donors (Lipinski definition) is 3. The van der Waals surface area contributed by atoms with Gasteiger partial charge in [-0.25, -0.2) is 4.79 Å². The van der Waals surface area contributed by atoms with E-state index in [0.29, 0.717) is 25.8 Å². The Morgan fingerprint density at radius 2 is 1.42 bits per heavy atom. The van der Waals surface area contributed by atoms with Gasteiger partial charge in [-0.1, -0.05) is 98.1 Å². The Kier molecular flexibility index (Phi) is 23.9. The van der Waals surface area contributed by atoms with E-state index in [1.165, 1.54) is 25.9 Å². The summed E-state index contributed by atoms with van der Waals surface area (Å²) in [4.78, 5) is 43.2. The molecule has 1 aliphatic rings. The summed E-state index contributed by atoms with van der Waals surface area (Å²) in [7, 11) is 0. The summed E-state index contributed by atoms with van der Waals surface area (Å²) in [5.74, 6) is -1.51. The number of nitrogens with one attached hydrogen (secondary N) is 2. The van der Waals surface area contributed by atoms with Gasteiger partial charge < -0.3 is 20.6 Å². The number of hydrogen-bond acceptors (Lipinski definition) is 5. The molecule has 1 saturated heterocycles. The molecule has 2 heterocycles. The van der Waals surface area contributed by atoms with E-state index in [2.05, 4.69) is 94.3 Å². The summed E-state index contributed by atoms with van der Waals surface area (Å²) >= 11 is 0. The predicted molar refractivity (Wildman–Crippen MR) is 207 cm³/mol. The van der Waals surface area contributed by atoms with Gasteiger partial charge in [-0.15, -0.1) is 0 Å². The number of pyridine rings is 1. The van der Waals surface area contributed by atoms with Crippen LogP contribution in [0.2, 0.25) is 0 Å². The molecule has 0 radical (unpaired) electrons. The molecule has 0 spiro atoms. The first-order valence-electron chi connectivity index (χ1n) is 18.5. The first-order chi connectivity index (χ1) is 24.5. The zero-order valence-corrected chi connectivity index (χ0v) is 30.2. The molecular formula is C42H60N4O4. The molecule has 8 heteroatoms. The van der Waals surface area contributed by atoms with Crippen LogP contribution in [0.4, 0.5) is 0 Å². The molecule has 1 atom stereocenters. The van der Waals surface area contributed by atoms with Crippen LogP contribution in [-0.4, -0.2) is 65.0 Å². The minimum atomic E-state index is -1.08. The zero-order valence-electron chi connectivity index (χ0n) is 30.2. The van der Waals surface area contributed by atoms with E-state index >= 15 is 0 Å². The average Bonchev–Trinajstić information content (AvgIpc) is 3.64. The molecule has 0 bridgehead atoms. The number of likely N-dealkylation sites (tertiary alicyclic amines) is 1. The van der Waals surface area contributed by atoms with Crippen molar-refractivity contribution in [2.75, 3.05) is 26.2 Å². The number of carbonyl (C=O) groups is 3. The van der Waals surface area contributed by atoms with Crippen LogP contribution in [0.1, 0.15) is 102 Å². The summed E-state index contributed by atoms with van der Waals surface area (Å²) < 4.78 is 0. The SMILES string of the molecule is CCC=CCC=CCC=CCC=CCC=CCC=CCCC(=O)NCCC[C@H](NC(=O)CC=Cc1ccc(CCN2CCCC2)nc1)C(=O)O. The van der Waals surface area contributed by atoms with Crippen molar-refractivity contribution >= 4 is 23.9 Å². The molecule has 2 amide bonds. The number of allylic oxidation sites excluding steroid dienone is 12. The lowest BCUT2D eigenvalue weighted by atomic mass is 10.1. The van der Waals surface area contributed by atoms with Gasteiger partial charge in [0.25, 0.3) is 0 Å². The molecule has 1 aliphatic heterocycles. The van der Waals surface area contributed by atoms with Crippen LogP contribution in [-0.2, 0) is 20.8 Å². The molecule has 1 aromatic rings. The number of carboxylic acid groups (broad SMARTS) is 1. The van der Waals surface area contributed by atoms with Crippen LogP contribution in [0.15, 0.2) is 97.3 Å². The molecule has 1 fully saturated rings. The van der Waals surface area contributed by atoms with Gasteiger partial charge in [0.1, 0.15) is 6.04 Å². The van der Waals surface area contributed by atoms with E-state index in [1.807, 2.05) is 24.3 Å². The molecular weight excluding hydrogens is 624 g/mol. The first kappa shape index (κ1) is 41.9. The summed E-state index contributed by atoms with van der Waals surface area (Å²) in [6, 6.07) is 3.00. The van der Waals surface area contributed by atoms with Crippen LogP contribution >= 0.6 is 0 Å². The third kappa shape index (κ3) is 22.4. The summed E-state index contributed by atoms with van der Waals surface area (Å²) in [5.41, 5.74) is 1.95. The van der Waals surface area contributed by atoms with Crippen molar-refractivity contribution in [3.05, 3.63) is 109 Å². The molecule has 3 N–H and O–H groups in total. The molecule has 1 aromatic heterocycles. The van der Waals surface area contributed by atoms with Crippen molar-refractivity contribution in [3.63, 3.8) is 0 Å². The lowest BCUT2D eigenvalue weighted by molar-refractivity contribution is -0.141. The molecule has 272 valence electrons. The van der Waals surface area contributed by atoms with Crippen LogP contribution in [0.3, 0.4) is 0 Å². The zero-order chi connectivity index (χ0) is 35.9. The Morgan fingerprint density at radius 1 is 0.820 bits per heavy atom. The van der Waals surface area contributed by atoms with E-state index in [-0.39, 0.29) is 24.7 Å². The topological polar surface area (TPSA) is 112 Å². The second-order valence-corrected chi connectivity index (χ2v) is 12.4. The number of nitrogens with zero attached hydrogens (tertiary/aromatic N) is 2. The van der Waals surface area contributed by atoms with Crippen LogP contribution in [0.25, 0.3) is 6.08 Å². The summed E-state index contributed by atoms with van der Waals surface area (Å²) in [5, 5.41) is 15.0. The molecule has 8 nitrogen and oxygen atoms in total. The minimum Gasteiger partial charge on any atom is -0.480 e. The highest BCUT2D eigenvalue weighted by atomic mass is 16.4. The van der Waals surface area contributed by atoms with Gasteiger partial charge in [-0.3, -0.25) is 14.6 Å². The van der Waals surface area contributed by atoms with Gasteiger partial charge in [-0.05, 0) is 95.3 Å². The maximum absolute atomic E-state index is 12.4. The molecule has 0 aliphatic carbocycles. The quantitative estimate of drug-likeness (QED) is 0.0673. The number of amides is 2. The Bertz CT molecular complexity index is 1300. The monoisotopic (exact) mass is 684 g/mol. The van der Waals surface area contributed by atoms with Crippen molar-refractivity contribution in [1.82, 2.24) is 20.5 Å². The van der Waals surface area contributed by atoms with Gasteiger partial charge in [0, 0.05) is 44.2 Å². The standard InChI is InChI=1S/C42H60N4O4/c1-2-3-4-5-6-7-8-9-10-11-12-13-14-15-16-17-18-19-20-27-40(47)43-32-24-26-39(42(49)50)45-41(48)28-23-25-37-29-30-38(44-36-37)31-35-46-33-21-22-34-46/h3-4,6-7,9-10,12-13,15-16,18-19,23,25,29-30,36,39H,2,5,8,11,14,17,20-22,24,26-28,31-35H2,1H3,(H,43,47)(H,45,48)(H,49,50)/t39-/m0/s1. The third-order valence-corrected chi connectivity index (χ3v) is 8.10. The second-order valence-electron chi connectivity index (χ2n) is 12.4. The van der Waals surface area contributed by atoms with E-state index < -0.39 is 12.0 Å². The molecule has 0 saturated carbocycles. The van der Waals surface area contributed by atoms with Gasteiger partial charge in [-0.2, -0.15) is 0 Å². The lowest BCUT2D eigenvalue weighted by Crippen LogP contribution is -2.41. The summed E-state index contributed by atoms with van der Waals surface area (Å²) in [6.45, 7) is 5.89. The largest absolute Gasteiger partial charge is 0.480 e. The number of aromatic nitrogens is 1. The highest BCUT2D eigenvalue weighted by Gasteiger charge is 2.19. The van der Waals surface area contributed by atoms with Crippen LogP contribution < -0.4 is 10.6 Å². The van der Waals surface area contributed by atoms with Crippen molar-refractivity contribution in [3.8, 4) is 0 Å². The fraction of sp³-hybridized carbons (Fsp3) is 0.476. The van der Waals surface area contributed by atoms with Crippen molar-refractivity contribution in [2.24, 2.45) is 0 Å². The Hall–Kier alpha value is -4.30. The van der Waals surface area contributed by atoms with E-state index in [9.17, 15) is 19.5 Å². The molecule has 0 unspecified atom stereocenters. The fourth-order valence-electron chi connectivity index (χ4n) is 5.25. The summed E-state index contributed by atoms with van der Waals surface area (Å²) in [6.07, 6.45) is 42.2. The number of aliphatic carboxylic acids is 1. The smallest absolute Gasteiger partial charge is 0.326 e. The van der Waals surface area contributed by atoms with Crippen LogP contribution in [0, 0.1) is 0 Å². The second kappa shape index (κ2) is 28.5. The third-order valence-electron chi connectivity index (χ3n) is 8.10. The van der Waals surface area contributed by atoms with Gasteiger partial charge >= 0.3 is 5.97 Å². The molecule has 50 heavy (non-hydrogen) atoms. The van der Waals surface area contributed by atoms with Crippen molar-refractivity contribution in [2.45, 2.75) is 103 Å². The number of rotatable bonds is 26. The normalized spacial score (nSPS) is 14.9. The van der Waals surface area contributed by atoms with Gasteiger partial charge in [0.2, 0.25) is 11.8 Å². The number of carboxylic acids is 1. The predicted octanol–water partition coefficient (Wildman–Crippen LogP) is 8.07. The van der Waals surface area contributed by atoms with Gasteiger partial charge in [0.15, 0.2) is 0 Å². The molecule has 0 aromatic carbocycles. The van der Waals surface area contributed by atoms with E-state index in [0.717, 1.165) is 62.7 Å². The van der Waals surface area contributed by atoms with Crippen LogP contribution in [0.5, 0.6) is 0 Å². The Morgan fingerprint density at radius 3 is 1.98 bits per heavy atom. The Balaban J connectivity index is 1.49. The molecule has 2 rings (SSSR count). The number of carbonyl (C=O) groups excluding carboxylic acids is 2. The minimum absolute atomic E-state index is 0.0697. The van der Waals surface area contributed by atoms with E-state index in [4.69, 9.17) is 0 Å². The highest BCUT2D eigenvalue weighted by Crippen LogP contribution is 2.10. The van der Waals surface area contributed by atoms with Gasteiger partial charge in [0.05, 0.1) is 0 Å². The van der Waals surface area contributed by atoms with Crippen molar-refractivity contribution in [1.29, 1.82) is 0 Å². The Labute approximate surface area is 300 Å². The maximum Gasteiger partial charge on any atom is 0.326 e. The average molecular weight is 685 g/mol. The lowest BCUT2D eigenvalue weighted by Gasteiger charge is -2.14.